The molecule has 1 unspecified atom stereocenters. The number of aliphatic hydroxyl groups is 1. The zero-order chi connectivity index (χ0) is 16.2. The number of β-amino-alcohol motifs (C(OH)–C–C–N with tert-alkyl or cyclic N) is 1. The lowest BCUT2D eigenvalue weighted by Crippen LogP contribution is -2.37. The quantitative estimate of drug-likeness (QED) is 0.910. The molecule has 1 aromatic carbocycles. The van der Waals surface area contributed by atoms with Gasteiger partial charge in [-0.05, 0) is 49.5 Å². The van der Waals surface area contributed by atoms with Gasteiger partial charge in [-0.3, -0.25) is 0 Å². The van der Waals surface area contributed by atoms with Crippen LogP contribution >= 0.6 is 11.6 Å². The number of nitrogens with zero attached hydrogens (tertiary/aromatic N) is 3. The monoisotopic (exact) mass is 335 g/mol. The van der Waals surface area contributed by atoms with Crippen molar-refractivity contribution in [3.8, 4) is 0 Å². The molecule has 23 heavy (non-hydrogen) atoms. The summed E-state index contributed by atoms with van der Waals surface area (Å²) in [4.78, 5) is 6.59. The first-order valence-electron chi connectivity index (χ1n) is 8.05. The van der Waals surface area contributed by atoms with Crippen LogP contribution in [-0.4, -0.2) is 39.8 Å². The number of aryl methyl sites for hydroxylation is 1. The van der Waals surface area contributed by atoms with E-state index in [1.807, 2.05) is 31.2 Å². The molecule has 3 rings (SSSR count). The highest BCUT2D eigenvalue weighted by Crippen LogP contribution is 2.24. The number of benzene rings is 1. The lowest BCUT2D eigenvalue weighted by Gasteiger charge is -2.32. The summed E-state index contributed by atoms with van der Waals surface area (Å²) in [6.45, 7) is 4.43. The highest BCUT2D eigenvalue weighted by molar-refractivity contribution is 6.30. The van der Waals surface area contributed by atoms with Crippen molar-refractivity contribution in [1.29, 1.82) is 0 Å². The van der Waals surface area contributed by atoms with Gasteiger partial charge in [-0.2, -0.15) is 4.98 Å². The Hall–Kier alpha value is -1.43. The van der Waals surface area contributed by atoms with Crippen LogP contribution in [0.2, 0.25) is 5.02 Å². The molecule has 2 aromatic rings. The number of halogens is 1. The molecule has 1 aliphatic heterocycles. The van der Waals surface area contributed by atoms with Crippen LogP contribution in [-0.2, 0) is 6.42 Å². The Morgan fingerprint density at radius 3 is 2.83 bits per heavy atom. The number of likely N-dealkylation sites (tertiary alicyclic amines) is 1. The molecule has 5 nitrogen and oxygen atoms in total. The minimum atomic E-state index is -0.495. The van der Waals surface area contributed by atoms with Gasteiger partial charge < -0.3 is 14.5 Å². The van der Waals surface area contributed by atoms with Crippen LogP contribution in [0.1, 0.15) is 36.2 Å². The van der Waals surface area contributed by atoms with E-state index in [4.69, 9.17) is 16.1 Å². The van der Waals surface area contributed by atoms with Crippen molar-refractivity contribution < 1.29 is 9.63 Å². The first-order valence-corrected chi connectivity index (χ1v) is 8.43. The van der Waals surface area contributed by atoms with E-state index >= 15 is 0 Å². The van der Waals surface area contributed by atoms with Gasteiger partial charge in [0.1, 0.15) is 0 Å². The molecule has 0 aliphatic carbocycles. The van der Waals surface area contributed by atoms with Gasteiger partial charge in [0, 0.05) is 24.9 Å². The van der Waals surface area contributed by atoms with Crippen molar-refractivity contribution in [2.75, 3.05) is 19.6 Å². The topological polar surface area (TPSA) is 62.4 Å². The maximum absolute atomic E-state index is 10.4. The molecule has 124 valence electrons. The molecule has 2 heterocycles. The highest BCUT2D eigenvalue weighted by Gasteiger charge is 2.23. The standard InChI is InChI=1S/C17H22ClN3O2/c1-12-19-17(20-23-12)9-13-5-7-21(8-6-13)11-16(22)14-3-2-4-15(18)10-14/h2-4,10,13,16,22H,5-9,11H2,1H3. The molecule has 1 N–H and O–H groups in total. The average Bonchev–Trinajstić information content (AvgIpc) is 2.94. The van der Waals surface area contributed by atoms with E-state index in [9.17, 15) is 5.11 Å². The maximum atomic E-state index is 10.4. The van der Waals surface area contributed by atoms with Crippen molar-refractivity contribution in [1.82, 2.24) is 15.0 Å². The van der Waals surface area contributed by atoms with E-state index in [1.54, 1.807) is 0 Å². The Balaban J connectivity index is 1.47. The molecule has 0 bridgehead atoms. The number of hydrogen-bond acceptors (Lipinski definition) is 5. The molecule has 0 radical (unpaired) electrons. The Morgan fingerprint density at radius 1 is 1.39 bits per heavy atom. The van der Waals surface area contributed by atoms with E-state index in [1.165, 1.54) is 0 Å². The second-order valence-electron chi connectivity index (χ2n) is 6.25. The summed E-state index contributed by atoms with van der Waals surface area (Å²) in [5.74, 6) is 2.02. The number of hydrogen-bond donors (Lipinski definition) is 1. The fourth-order valence-corrected chi connectivity index (χ4v) is 3.32. The van der Waals surface area contributed by atoms with Crippen LogP contribution in [0, 0.1) is 12.8 Å². The maximum Gasteiger partial charge on any atom is 0.223 e. The molecule has 1 fully saturated rings. The molecule has 1 aliphatic rings. The van der Waals surface area contributed by atoms with E-state index in [2.05, 4.69) is 15.0 Å². The van der Waals surface area contributed by atoms with Gasteiger partial charge >= 0.3 is 0 Å². The van der Waals surface area contributed by atoms with E-state index in [-0.39, 0.29) is 0 Å². The second-order valence-corrected chi connectivity index (χ2v) is 6.68. The van der Waals surface area contributed by atoms with Crippen LogP contribution in [0.5, 0.6) is 0 Å². The number of aliphatic hydroxyl groups excluding tert-OH is 1. The SMILES string of the molecule is Cc1nc(CC2CCN(CC(O)c3cccc(Cl)c3)CC2)no1. The van der Waals surface area contributed by atoms with Crippen LogP contribution in [0.25, 0.3) is 0 Å². The summed E-state index contributed by atoms with van der Waals surface area (Å²) in [5, 5.41) is 15.0. The van der Waals surface area contributed by atoms with Crippen molar-refractivity contribution in [3.05, 3.63) is 46.6 Å². The van der Waals surface area contributed by atoms with Crippen LogP contribution < -0.4 is 0 Å². The Labute approximate surface area is 141 Å². The average molecular weight is 336 g/mol. The molecule has 1 atom stereocenters. The zero-order valence-corrected chi connectivity index (χ0v) is 14.0. The van der Waals surface area contributed by atoms with Crippen LogP contribution in [0.3, 0.4) is 0 Å². The molecule has 0 spiro atoms. The predicted octanol–water partition coefficient (Wildman–Crippen LogP) is 3.02. The smallest absolute Gasteiger partial charge is 0.223 e. The predicted molar refractivity (Wildman–Crippen MR) is 88.3 cm³/mol. The largest absolute Gasteiger partial charge is 0.387 e. The summed E-state index contributed by atoms with van der Waals surface area (Å²) in [6.07, 6.45) is 2.57. The highest BCUT2D eigenvalue weighted by atomic mass is 35.5. The third-order valence-corrected chi connectivity index (χ3v) is 4.65. The van der Waals surface area contributed by atoms with E-state index in [0.29, 0.717) is 23.4 Å². The first kappa shape index (κ1) is 16.4. The van der Waals surface area contributed by atoms with Gasteiger partial charge in [-0.25, -0.2) is 0 Å². The first-order chi connectivity index (χ1) is 11.1. The fraction of sp³-hybridized carbons (Fsp3) is 0.529. The van der Waals surface area contributed by atoms with Crippen molar-refractivity contribution in [2.24, 2.45) is 5.92 Å². The third-order valence-electron chi connectivity index (χ3n) is 4.41. The molecule has 1 aromatic heterocycles. The molecule has 0 saturated carbocycles. The Kier molecular flexibility index (Phi) is 5.30. The molecule has 1 saturated heterocycles. The van der Waals surface area contributed by atoms with Gasteiger partial charge in [-0.15, -0.1) is 0 Å². The Morgan fingerprint density at radius 2 is 2.17 bits per heavy atom. The normalized spacial score (nSPS) is 18.2. The van der Waals surface area contributed by atoms with Gasteiger partial charge in [0.15, 0.2) is 5.82 Å². The lowest BCUT2D eigenvalue weighted by molar-refractivity contribution is 0.0889. The molecule has 6 heteroatoms. The summed E-state index contributed by atoms with van der Waals surface area (Å²) >= 11 is 5.99. The number of rotatable bonds is 5. The lowest BCUT2D eigenvalue weighted by atomic mass is 9.93. The summed E-state index contributed by atoms with van der Waals surface area (Å²) in [7, 11) is 0. The van der Waals surface area contributed by atoms with E-state index < -0.39 is 6.10 Å². The summed E-state index contributed by atoms with van der Waals surface area (Å²) in [5.41, 5.74) is 0.877. The minimum absolute atomic E-state index is 0.495. The van der Waals surface area contributed by atoms with E-state index in [0.717, 1.165) is 43.7 Å². The summed E-state index contributed by atoms with van der Waals surface area (Å²) < 4.78 is 5.02. The van der Waals surface area contributed by atoms with Crippen molar-refractivity contribution >= 4 is 11.6 Å². The van der Waals surface area contributed by atoms with Gasteiger partial charge in [0.2, 0.25) is 5.89 Å². The van der Waals surface area contributed by atoms with Gasteiger partial charge in [0.25, 0.3) is 0 Å². The molecular formula is C17H22ClN3O2. The van der Waals surface area contributed by atoms with Gasteiger partial charge in [0.05, 0.1) is 6.10 Å². The zero-order valence-electron chi connectivity index (χ0n) is 13.3. The number of aromatic nitrogens is 2. The second kappa shape index (κ2) is 7.43. The summed E-state index contributed by atoms with van der Waals surface area (Å²) in [6, 6.07) is 7.45. The minimum Gasteiger partial charge on any atom is -0.387 e. The van der Waals surface area contributed by atoms with Crippen molar-refractivity contribution in [3.63, 3.8) is 0 Å². The van der Waals surface area contributed by atoms with Crippen LogP contribution in [0.4, 0.5) is 0 Å². The molecular weight excluding hydrogens is 314 g/mol. The van der Waals surface area contributed by atoms with Crippen LogP contribution in [0.15, 0.2) is 28.8 Å². The Bertz CT molecular complexity index is 638. The number of piperidine rings is 1. The fourth-order valence-electron chi connectivity index (χ4n) is 3.12. The molecule has 0 amide bonds. The van der Waals surface area contributed by atoms with Crippen molar-refractivity contribution in [2.45, 2.75) is 32.3 Å². The third kappa shape index (κ3) is 4.53. The van der Waals surface area contributed by atoms with Gasteiger partial charge in [-0.1, -0.05) is 28.9 Å².